The molecule has 7 nitrogen and oxygen atoms in total. The number of ether oxygens (including phenoxy) is 1. The van der Waals surface area contributed by atoms with E-state index in [1.165, 1.54) is 28.7 Å². The van der Waals surface area contributed by atoms with Crippen LogP contribution in [0.15, 0.2) is 17.2 Å². The fourth-order valence-corrected chi connectivity index (χ4v) is 5.41. The highest BCUT2D eigenvalue weighted by atomic mass is 32.1. The van der Waals surface area contributed by atoms with Gasteiger partial charge >= 0.3 is 0 Å². The molecular weight excluding hydrogens is 400 g/mol. The molecule has 3 aromatic rings. The van der Waals surface area contributed by atoms with Gasteiger partial charge in [0.1, 0.15) is 16.1 Å². The molecule has 0 N–H and O–H groups in total. The summed E-state index contributed by atoms with van der Waals surface area (Å²) in [6.45, 7) is 6.37. The van der Waals surface area contributed by atoms with E-state index in [4.69, 9.17) is 9.72 Å². The maximum atomic E-state index is 13.1. The molecule has 0 aromatic carbocycles. The van der Waals surface area contributed by atoms with E-state index in [9.17, 15) is 9.59 Å². The molecule has 1 fully saturated rings. The fraction of sp³-hybridized carbons (Fsp3) is 0.545. The molecule has 0 saturated carbocycles. The first kappa shape index (κ1) is 19.6. The molecule has 0 spiro atoms. The number of carbonyl (C=O) groups is 1. The Kier molecular flexibility index (Phi) is 4.86. The highest BCUT2D eigenvalue weighted by Crippen LogP contribution is 2.35. The lowest BCUT2D eigenvalue weighted by Gasteiger charge is -2.33. The molecule has 0 radical (unpaired) electrons. The molecular formula is C22H26N4O3S. The minimum Gasteiger partial charge on any atom is -0.370 e. The Morgan fingerprint density at radius 1 is 1.30 bits per heavy atom. The Balaban J connectivity index is 1.51. The van der Waals surface area contributed by atoms with Gasteiger partial charge in [0.25, 0.3) is 5.56 Å². The van der Waals surface area contributed by atoms with Gasteiger partial charge in [0, 0.05) is 30.5 Å². The molecule has 30 heavy (non-hydrogen) atoms. The molecule has 0 bridgehead atoms. The van der Waals surface area contributed by atoms with Gasteiger partial charge in [-0.05, 0) is 38.7 Å². The van der Waals surface area contributed by atoms with Crippen molar-refractivity contribution in [2.45, 2.75) is 64.7 Å². The van der Waals surface area contributed by atoms with Crippen LogP contribution in [-0.2, 0) is 29.1 Å². The zero-order valence-electron chi connectivity index (χ0n) is 17.4. The first-order valence-electron chi connectivity index (χ1n) is 10.7. The van der Waals surface area contributed by atoms with Gasteiger partial charge in [0.2, 0.25) is 5.91 Å². The van der Waals surface area contributed by atoms with Crippen LogP contribution in [0.1, 0.15) is 50.8 Å². The molecule has 8 heteroatoms. The van der Waals surface area contributed by atoms with Gasteiger partial charge in [-0.15, -0.1) is 11.3 Å². The van der Waals surface area contributed by atoms with E-state index in [0.29, 0.717) is 16.8 Å². The molecule has 1 amide bonds. The molecule has 2 aliphatic rings. The third kappa shape index (κ3) is 3.32. The largest absolute Gasteiger partial charge is 0.370 e. The number of likely N-dealkylation sites (tertiary alicyclic amines) is 1. The van der Waals surface area contributed by atoms with Gasteiger partial charge in [-0.3, -0.25) is 14.2 Å². The van der Waals surface area contributed by atoms with Crippen molar-refractivity contribution in [2.75, 3.05) is 13.1 Å². The van der Waals surface area contributed by atoms with Crippen LogP contribution in [-0.4, -0.2) is 44.0 Å². The van der Waals surface area contributed by atoms with Crippen molar-refractivity contribution in [3.05, 3.63) is 34.0 Å². The molecule has 0 unspecified atom stereocenters. The van der Waals surface area contributed by atoms with Crippen molar-refractivity contribution in [3.63, 3.8) is 0 Å². The molecule has 5 rings (SSSR count). The van der Waals surface area contributed by atoms with Crippen molar-refractivity contribution >= 4 is 37.7 Å². The number of rotatable bonds is 3. The first-order valence-corrected chi connectivity index (χ1v) is 11.5. The third-order valence-electron chi connectivity index (χ3n) is 6.49. The van der Waals surface area contributed by atoms with Gasteiger partial charge in [-0.25, -0.2) is 9.97 Å². The summed E-state index contributed by atoms with van der Waals surface area (Å²) in [6.07, 6.45) is 6.43. The molecule has 0 aliphatic carbocycles. The van der Waals surface area contributed by atoms with Crippen LogP contribution in [0.3, 0.4) is 0 Å². The number of piperidine rings is 1. The lowest BCUT2D eigenvalue weighted by Crippen LogP contribution is -2.39. The summed E-state index contributed by atoms with van der Waals surface area (Å²) in [5.74, 6) is -0.0105. The molecule has 3 aromatic heterocycles. The lowest BCUT2D eigenvalue weighted by molar-refractivity contribution is -0.132. The molecule has 158 valence electrons. The zero-order chi connectivity index (χ0) is 20.9. The third-order valence-corrected chi connectivity index (χ3v) is 7.56. The Morgan fingerprint density at radius 3 is 2.87 bits per heavy atom. The minimum atomic E-state index is -0.190. The monoisotopic (exact) mass is 426 g/mol. The standard InChI is InChI=1S/C22H26N4O3S/c1-3-22(2)10-16-14(12-29-22)9-15-18-19(30-20(15)24-16)21(28)26(13-23-18)11-17(27)25-7-5-4-6-8-25/h9,13H,3-8,10-12H2,1-2H3/t22-/m1/s1. The second kappa shape index (κ2) is 7.42. The van der Waals surface area contributed by atoms with Gasteiger partial charge in [-0.1, -0.05) is 6.92 Å². The Labute approximate surface area is 178 Å². The van der Waals surface area contributed by atoms with E-state index in [2.05, 4.69) is 24.9 Å². The number of thiophene rings is 1. The highest BCUT2D eigenvalue weighted by Gasteiger charge is 2.31. The SMILES string of the molecule is CC[C@]1(C)Cc2nc3sc4c(=O)n(CC(=O)N5CCCCC5)cnc4c3cc2CO1. The number of hydrogen-bond acceptors (Lipinski definition) is 6. The van der Waals surface area contributed by atoms with Crippen molar-refractivity contribution in [2.24, 2.45) is 0 Å². The Hall–Kier alpha value is -2.32. The normalized spacial score (nSPS) is 21.9. The van der Waals surface area contributed by atoms with Crippen LogP contribution in [0.2, 0.25) is 0 Å². The summed E-state index contributed by atoms with van der Waals surface area (Å²) >= 11 is 1.37. The zero-order valence-corrected chi connectivity index (χ0v) is 18.3. The van der Waals surface area contributed by atoms with Crippen LogP contribution in [0, 0.1) is 0 Å². The highest BCUT2D eigenvalue weighted by molar-refractivity contribution is 7.25. The van der Waals surface area contributed by atoms with Crippen LogP contribution >= 0.6 is 11.3 Å². The van der Waals surface area contributed by atoms with Crippen molar-refractivity contribution in [1.82, 2.24) is 19.4 Å². The molecule has 1 saturated heterocycles. The van der Waals surface area contributed by atoms with Gasteiger partial charge < -0.3 is 9.64 Å². The summed E-state index contributed by atoms with van der Waals surface area (Å²) in [5.41, 5.74) is 2.43. The number of fused-ring (bicyclic) bond motifs is 4. The van der Waals surface area contributed by atoms with Crippen molar-refractivity contribution < 1.29 is 9.53 Å². The minimum absolute atomic E-state index is 0.0105. The quantitative estimate of drug-likeness (QED) is 0.642. The lowest BCUT2D eigenvalue weighted by atomic mass is 9.91. The van der Waals surface area contributed by atoms with Crippen molar-refractivity contribution in [1.29, 1.82) is 0 Å². The smallest absolute Gasteiger partial charge is 0.271 e. The number of hydrogen-bond donors (Lipinski definition) is 0. The van der Waals surface area contributed by atoms with Crippen LogP contribution < -0.4 is 5.56 Å². The summed E-state index contributed by atoms with van der Waals surface area (Å²) in [5, 5.41) is 0.893. The summed E-state index contributed by atoms with van der Waals surface area (Å²) in [6, 6.07) is 2.07. The number of aromatic nitrogens is 3. The van der Waals surface area contributed by atoms with Gasteiger partial charge in [0.15, 0.2) is 0 Å². The van der Waals surface area contributed by atoms with Gasteiger partial charge in [-0.2, -0.15) is 0 Å². The van der Waals surface area contributed by atoms with Crippen molar-refractivity contribution in [3.8, 4) is 0 Å². The molecule has 2 aliphatic heterocycles. The number of amides is 1. The summed E-state index contributed by atoms with van der Waals surface area (Å²) in [4.78, 5) is 37.8. The van der Waals surface area contributed by atoms with E-state index >= 15 is 0 Å². The predicted molar refractivity (Wildman–Crippen MR) is 117 cm³/mol. The maximum absolute atomic E-state index is 13.1. The first-order chi connectivity index (χ1) is 14.5. The van der Waals surface area contributed by atoms with E-state index in [1.54, 1.807) is 0 Å². The van der Waals surface area contributed by atoms with E-state index in [0.717, 1.165) is 60.2 Å². The second-order valence-electron chi connectivity index (χ2n) is 8.61. The average Bonchev–Trinajstić information content (AvgIpc) is 3.13. The average molecular weight is 427 g/mol. The Morgan fingerprint density at radius 2 is 2.10 bits per heavy atom. The van der Waals surface area contributed by atoms with Crippen LogP contribution in [0.4, 0.5) is 0 Å². The number of nitrogens with zero attached hydrogens (tertiary/aromatic N) is 4. The van der Waals surface area contributed by atoms with Crippen LogP contribution in [0.25, 0.3) is 20.4 Å². The topological polar surface area (TPSA) is 77.3 Å². The van der Waals surface area contributed by atoms with E-state index in [-0.39, 0.29) is 23.6 Å². The predicted octanol–water partition coefficient (Wildman–Crippen LogP) is 3.26. The van der Waals surface area contributed by atoms with E-state index < -0.39 is 0 Å². The second-order valence-corrected chi connectivity index (χ2v) is 9.61. The summed E-state index contributed by atoms with van der Waals surface area (Å²) in [7, 11) is 0. The molecule has 5 heterocycles. The van der Waals surface area contributed by atoms with E-state index in [1.807, 2.05) is 4.90 Å². The number of pyridine rings is 1. The van der Waals surface area contributed by atoms with Gasteiger partial charge in [0.05, 0.1) is 29.7 Å². The number of carbonyl (C=O) groups excluding carboxylic acids is 1. The fourth-order valence-electron chi connectivity index (χ4n) is 4.34. The maximum Gasteiger partial charge on any atom is 0.271 e. The molecule has 1 atom stereocenters. The summed E-state index contributed by atoms with van der Waals surface area (Å²) < 4.78 is 8.06. The Bertz CT molecular complexity index is 1190. The van der Waals surface area contributed by atoms with Crippen LogP contribution in [0.5, 0.6) is 0 Å².